The predicted molar refractivity (Wildman–Crippen MR) is 121 cm³/mol. The van der Waals surface area contributed by atoms with Crippen LogP contribution in [0.15, 0.2) is 33.3 Å². The molecule has 0 aliphatic carbocycles. The van der Waals surface area contributed by atoms with Crippen LogP contribution in [0.4, 0.5) is 4.39 Å². The molecule has 10 heteroatoms. The van der Waals surface area contributed by atoms with Gasteiger partial charge in [-0.3, -0.25) is 4.90 Å². The van der Waals surface area contributed by atoms with E-state index in [1.54, 1.807) is 12.1 Å². The van der Waals surface area contributed by atoms with Crippen LogP contribution >= 0.6 is 12.2 Å². The third-order valence-electron chi connectivity index (χ3n) is 5.67. The molecular weight excluding hydrogens is 431 g/mol. The fraction of sp³-hybridized carbons (Fsp3) is 0.455. The normalized spacial score (nSPS) is 16.1. The van der Waals surface area contributed by atoms with Gasteiger partial charge in [-0.25, -0.2) is 4.39 Å². The van der Waals surface area contributed by atoms with Crippen LogP contribution in [-0.2, 0) is 6.54 Å². The van der Waals surface area contributed by atoms with Crippen LogP contribution in [0, 0.1) is 19.7 Å². The number of benzene rings is 1. The highest BCUT2D eigenvalue weighted by Crippen LogP contribution is 2.25. The lowest BCUT2D eigenvalue weighted by atomic mass is 10.1. The maximum Gasteiger partial charge on any atom is 0.263 e. The molecule has 1 saturated heterocycles. The number of aryl methyl sites for hydroxylation is 2. The molecule has 1 aromatic carbocycles. The average molecular weight is 459 g/mol. The van der Waals surface area contributed by atoms with Crippen molar-refractivity contribution in [2.45, 2.75) is 39.8 Å². The summed E-state index contributed by atoms with van der Waals surface area (Å²) in [4.78, 5) is 9.02. The lowest BCUT2D eigenvalue weighted by molar-refractivity contribution is 0.265. The highest BCUT2D eigenvalue weighted by atomic mass is 32.1. The van der Waals surface area contributed by atoms with Gasteiger partial charge in [0.05, 0.1) is 18.3 Å². The fourth-order valence-corrected chi connectivity index (χ4v) is 4.21. The molecule has 0 bridgehead atoms. The molecule has 1 atom stereocenters. The Labute approximate surface area is 191 Å². The quantitative estimate of drug-likeness (QED) is 0.576. The van der Waals surface area contributed by atoms with Gasteiger partial charge in [0.25, 0.3) is 5.89 Å². The number of hydrogen-bond acceptors (Lipinski definition) is 7. The zero-order chi connectivity index (χ0) is 22.7. The number of halogens is 1. The van der Waals surface area contributed by atoms with E-state index in [4.69, 9.17) is 21.3 Å². The summed E-state index contributed by atoms with van der Waals surface area (Å²) in [5.74, 6) is 1.50. The number of rotatable bonds is 5. The molecule has 3 aromatic rings. The zero-order valence-electron chi connectivity index (χ0n) is 18.5. The topological polar surface area (TPSA) is 83.5 Å². The molecule has 0 saturated carbocycles. The van der Waals surface area contributed by atoms with Crippen LogP contribution < -0.4 is 5.32 Å². The Kier molecular flexibility index (Phi) is 6.80. The molecule has 0 spiro atoms. The molecule has 1 N–H and O–H groups in total. The van der Waals surface area contributed by atoms with Crippen LogP contribution in [0.2, 0.25) is 0 Å². The Morgan fingerprint density at radius 2 is 1.91 bits per heavy atom. The van der Waals surface area contributed by atoms with Crippen molar-refractivity contribution in [2.24, 2.45) is 0 Å². The molecule has 3 heterocycles. The first-order valence-electron chi connectivity index (χ1n) is 10.7. The number of thiocarbonyl (C=S) groups is 1. The van der Waals surface area contributed by atoms with Crippen molar-refractivity contribution >= 4 is 17.3 Å². The molecule has 0 radical (unpaired) electrons. The van der Waals surface area contributed by atoms with E-state index < -0.39 is 0 Å². The van der Waals surface area contributed by atoms with Crippen molar-refractivity contribution in [1.82, 2.24) is 30.4 Å². The second-order valence-corrected chi connectivity index (χ2v) is 8.44. The second-order valence-electron chi connectivity index (χ2n) is 8.05. The number of nitrogens with one attached hydrogen (secondary N) is 1. The first-order valence-corrected chi connectivity index (χ1v) is 11.1. The molecule has 0 amide bonds. The minimum Gasteiger partial charge on any atom is -0.361 e. The minimum absolute atomic E-state index is 0.00420. The summed E-state index contributed by atoms with van der Waals surface area (Å²) < 4.78 is 23.8. The molecule has 1 aliphatic rings. The highest BCUT2D eigenvalue weighted by Gasteiger charge is 2.22. The van der Waals surface area contributed by atoms with Gasteiger partial charge in [0.1, 0.15) is 17.1 Å². The van der Waals surface area contributed by atoms with E-state index >= 15 is 0 Å². The van der Waals surface area contributed by atoms with Crippen molar-refractivity contribution in [2.75, 3.05) is 26.2 Å². The van der Waals surface area contributed by atoms with Crippen molar-refractivity contribution in [1.29, 1.82) is 0 Å². The van der Waals surface area contributed by atoms with Crippen LogP contribution in [-0.4, -0.2) is 56.4 Å². The number of aromatic nitrogens is 3. The molecule has 1 fully saturated rings. The van der Waals surface area contributed by atoms with E-state index in [1.165, 1.54) is 12.1 Å². The summed E-state index contributed by atoms with van der Waals surface area (Å²) in [5.41, 5.74) is 2.49. The third-order valence-corrected chi connectivity index (χ3v) is 6.04. The summed E-state index contributed by atoms with van der Waals surface area (Å²) in [6.07, 6.45) is 0.974. The van der Waals surface area contributed by atoms with E-state index in [2.05, 4.69) is 30.4 Å². The van der Waals surface area contributed by atoms with Crippen molar-refractivity contribution in [3.8, 4) is 11.5 Å². The van der Waals surface area contributed by atoms with Gasteiger partial charge in [-0.05, 0) is 57.1 Å². The minimum atomic E-state index is -0.239. The first-order chi connectivity index (χ1) is 15.4. The Morgan fingerprint density at radius 1 is 1.12 bits per heavy atom. The van der Waals surface area contributed by atoms with Crippen molar-refractivity contribution < 1.29 is 13.4 Å². The van der Waals surface area contributed by atoms with Gasteiger partial charge in [0.15, 0.2) is 10.9 Å². The average Bonchev–Trinajstić information content (AvgIpc) is 3.26. The molecule has 2 aromatic heterocycles. The van der Waals surface area contributed by atoms with E-state index in [0.717, 1.165) is 49.4 Å². The third kappa shape index (κ3) is 5.13. The lowest BCUT2D eigenvalue weighted by Crippen LogP contribution is -2.42. The van der Waals surface area contributed by atoms with Crippen LogP contribution in [0.5, 0.6) is 0 Å². The van der Waals surface area contributed by atoms with Gasteiger partial charge in [-0.15, -0.1) is 0 Å². The Balaban J connectivity index is 1.31. The molecule has 32 heavy (non-hydrogen) atoms. The first kappa shape index (κ1) is 22.3. The standard InChI is InChI=1S/C22H27FN6O2S/c1-14(17-5-7-18(23)8-6-17)24-22(32)29-10-4-9-28(11-12-29)13-19-25-21(31-27-19)20-15(2)26-30-16(20)3/h5-8,14H,4,9-13H2,1-3H3,(H,24,32). The maximum absolute atomic E-state index is 13.2. The van der Waals surface area contributed by atoms with Gasteiger partial charge >= 0.3 is 0 Å². The highest BCUT2D eigenvalue weighted by molar-refractivity contribution is 7.80. The largest absolute Gasteiger partial charge is 0.361 e. The van der Waals surface area contributed by atoms with Crippen molar-refractivity contribution in [3.63, 3.8) is 0 Å². The van der Waals surface area contributed by atoms with Crippen LogP contribution in [0.1, 0.15) is 42.2 Å². The summed E-state index contributed by atoms with van der Waals surface area (Å²) in [5, 5.41) is 12.2. The van der Waals surface area contributed by atoms with Crippen LogP contribution in [0.3, 0.4) is 0 Å². The Bertz CT molecular complexity index is 1050. The maximum atomic E-state index is 13.2. The Hall–Kier alpha value is -2.85. The van der Waals surface area contributed by atoms with E-state index in [1.807, 2.05) is 20.8 Å². The van der Waals surface area contributed by atoms with E-state index in [9.17, 15) is 4.39 Å². The Morgan fingerprint density at radius 3 is 2.62 bits per heavy atom. The molecule has 4 rings (SSSR count). The SMILES string of the molecule is Cc1noc(C)c1-c1nc(CN2CCCN(C(=S)NC(C)c3ccc(F)cc3)CC2)no1. The number of hydrogen-bond donors (Lipinski definition) is 1. The molecule has 170 valence electrons. The summed E-state index contributed by atoms with van der Waals surface area (Å²) >= 11 is 5.65. The van der Waals surface area contributed by atoms with E-state index in [0.29, 0.717) is 29.1 Å². The smallest absolute Gasteiger partial charge is 0.263 e. The van der Waals surface area contributed by atoms with Gasteiger partial charge in [-0.2, -0.15) is 4.98 Å². The fourth-order valence-electron chi connectivity index (χ4n) is 3.85. The molecule has 1 aliphatic heterocycles. The molecule has 8 nitrogen and oxygen atoms in total. The van der Waals surface area contributed by atoms with Gasteiger partial charge < -0.3 is 19.3 Å². The van der Waals surface area contributed by atoms with Gasteiger partial charge in [0.2, 0.25) is 0 Å². The van der Waals surface area contributed by atoms with Crippen molar-refractivity contribution in [3.05, 3.63) is 52.9 Å². The molecular formula is C22H27FN6O2S. The zero-order valence-corrected chi connectivity index (χ0v) is 19.3. The summed E-state index contributed by atoms with van der Waals surface area (Å²) in [6, 6.07) is 6.50. The summed E-state index contributed by atoms with van der Waals surface area (Å²) in [7, 11) is 0. The predicted octanol–water partition coefficient (Wildman–Crippen LogP) is 3.62. The number of nitrogens with zero attached hydrogens (tertiary/aromatic N) is 5. The second kappa shape index (κ2) is 9.74. The van der Waals surface area contributed by atoms with Gasteiger partial charge in [-0.1, -0.05) is 22.4 Å². The van der Waals surface area contributed by atoms with Gasteiger partial charge in [0, 0.05) is 26.2 Å². The monoisotopic (exact) mass is 458 g/mol. The van der Waals surface area contributed by atoms with E-state index in [-0.39, 0.29) is 11.9 Å². The van der Waals surface area contributed by atoms with Crippen LogP contribution in [0.25, 0.3) is 11.5 Å². The summed E-state index contributed by atoms with van der Waals surface area (Å²) in [6.45, 7) is 9.74. The molecule has 1 unspecified atom stereocenters. The lowest BCUT2D eigenvalue weighted by Gasteiger charge is -2.27.